The lowest BCUT2D eigenvalue weighted by atomic mass is 9.89. The van der Waals surface area contributed by atoms with E-state index in [-0.39, 0.29) is 41.3 Å². The molecule has 2 aliphatic heterocycles. The van der Waals surface area contributed by atoms with Crippen LogP contribution < -0.4 is 4.74 Å². The first-order valence-electron chi connectivity index (χ1n) is 9.54. The Morgan fingerprint density at radius 3 is 2.55 bits per heavy atom. The predicted octanol–water partition coefficient (Wildman–Crippen LogP) is 3.27. The number of likely N-dealkylation sites (tertiary alicyclic amines) is 2. The molecule has 0 N–H and O–H groups in total. The maximum absolute atomic E-state index is 13.8. The second-order valence-electron chi connectivity index (χ2n) is 7.65. The first kappa shape index (κ1) is 19.4. The number of benzene rings is 2. The summed E-state index contributed by atoms with van der Waals surface area (Å²) >= 11 is 0. The number of methoxy groups -OCH3 is 1. The summed E-state index contributed by atoms with van der Waals surface area (Å²) in [5.41, 5.74) is 1.10. The minimum atomic E-state index is -0.523. The van der Waals surface area contributed by atoms with E-state index in [4.69, 9.17) is 4.74 Å². The zero-order chi connectivity index (χ0) is 20.7. The molecule has 0 saturated carbocycles. The second-order valence-corrected chi connectivity index (χ2v) is 7.65. The maximum atomic E-state index is 13.8. The molecule has 2 aromatic carbocycles. The van der Waals surface area contributed by atoms with Gasteiger partial charge in [-0.05, 0) is 35.9 Å². The molecule has 5 nitrogen and oxygen atoms in total. The molecule has 3 atom stereocenters. The average Bonchev–Trinajstić information content (AvgIpc) is 3.25. The smallest absolute Gasteiger partial charge is 0.254 e. The fourth-order valence-electron chi connectivity index (χ4n) is 4.63. The van der Waals surface area contributed by atoms with Crippen molar-refractivity contribution >= 4 is 11.8 Å². The average molecular weight is 400 g/mol. The summed E-state index contributed by atoms with van der Waals surface area (Å²) in [5, 5.41) is 0. The zero-order valence-electron chi connectivity index (χ0n) is 16.3. The first-order valence-corrected chi connectivity index (χ1v) is 9.54. The van der Waals surface area contributed by atoms with Gasteiger partial charge >= 0.3 is 0 Å². The van der Waals surface area contributed by atoms with Gasteiger partial charge in [0.2, 0.25) is 5.91 Å². The van der Waals surface area contributed by atoms with Crippen LogP contribution in [0.3, 0.4) is 0 Å². The third-order valence-electron chi connectivity index (χ3n) is 5.94. The molecule has 0 aliphatic carbocycles. The zero-order valence-corrected chi connectivity index (χ0v) is 16.3. The summed E-state index contributed by atoms with van der Waals surface area (Å²) < 4.78 is 32.5. The van der Waals surface area contributed by atoms with Crippen LogP contribution in [-0.4, -0.2) is 48.4 Å². The van der Waals surface area contributed by atoms with Crippen molar-refractivity contribution < 1.29 is 23.1 Å². The predicted molar refractivity (Wildman–Crippen MR) is 102 cm³/mol. The lowest BCUT2D eigenvalue weighted by Crippen LogP contribution is -2.36. The van der Waals surface area contributed by atoms with Crippen LogP contribution in [0.2, 0.25) is 0 Å². The fraction of sp³-hybridized carbons (Fsp3) is 0.364. The number of carbonyl (C=O) groups excluding carboxylic acids is 2. The van der Waals surface area contributed by atoms with Crippen LogP contribution in [0.15, 0.2) is 42.5 Å². The number of amides is 2. The molecule has 2 saturated heterocycles. The number of rotatable bonds is 3. The van der Waals surface area contributed by atoms with Crippen LogP contribution in [0.1, 0.15) is 28.9 Å². The standard InChI is InChI=1S/C22H22F2N2O3/c1-13(27)26-11-16-10-25(22(28)15-6-7-19(24)20(9-15)29-2)12-18(16)21(26)14-4-3-5-17(23)8-14/h3-9,16,18,21H,10-12H2,1-2H3/t16-,18-,21+/m1/s1. The van der Waals surface area contributed by atoms with Crippen molar-refractivity contribution in [2.45, 2.75) is 13.0 Å². The van der Waals surface area contributed by atoms with Gasteiger partial charge in [-0.3, -0.25) is 9.59 Å². The highest BCUT2D eigenvalue weighted by Gasteiger charge is 2.49. The van der Waals surface area contributed by atoms with Crippen LogP contribution in [0.4, 0.5) is 8.78 Å². The monoisotopic (exact) mass is 400 g/mol. The lowest BCUT2D eigenvalue weighted by molar-refractivity contribution is -0.130. The molecule has 0 radical (unpaired) electrons. The maximum Gasteiger partial charge on any atom is 0.254 e. The van der Waals surface area contributed by atoms with E-state index < -0.39 is 5.82 Å². The van der Waals surface area contributed by atoms with Crippen molar-refractivity contribution in [1.29, 1.82) is 0 Å². The van der Waals surface area contributed by atoms with Crippen LogP contribution in [0, 0.1) is 23.5 Å². The van der Waals surface area contributed by atoms with Crippen LogP contribution in [0.25, 0.3) is 0 Å². The van der Waals surface area contributed by atoms with Gasteiger partial charge in [-0.15, -0.1) is 0 Å². The number of nitrogens with zero attached hydrogens (tertiary/aromatic N) is 2. The van der Waals surface area contributed by atoms with E-state index in [1.54, 1.807) is 15.9 Å². The molecule has 7 heteroatoms. The molecule has 2 aromatic rings. The largest absolute Gasteiger partial charge is 0.494 e. The number of ether oxygens (including phenoxy) is 1. The molecule has 2 amide bonds. The molecule has 2 heterocycles. The van der Waals surface area contributed by atoms with E-state index in [9.17, 15) is 18.4 Å². The van der Waals surface area contributed by atoms with Crippen molar-refractivity contribution in [3.8, 4) is 5.75 Å². The number of fused-ring (bicyclic) bond motifs is 1. The van der Waals surface area contributed by atoms with Gasteiger partial charge in [0, 0.05) is 44.0 Å². The summed E-state index contributed by atoms with van der Waals surface area (Å²) in [7, 11) is 1.35. The van der Waals surface area contributed by atoms with E-state index in [2.05, 4.69) is 0 Å². The minimum Gasteiger partial charge on any atom is -0.494 e. The Kier molecular flexibility index (Phi) is 4.98. The van der Waals surface area contributed by atoms with Gasteiger partial charge in [-0.25, -0.2) is 8.78 Å². The highest BCUT2D eigenvalue weighted by molar-refractivity contribution is 5.95. The van der Waals surface area contributed by atoms with Crippen LogP contribution in [0.5, 0.6) is 5.75 Å². The third kappa shape index (κ3) is 3.45. The van der Waals surface area contributed by atoms with E-state index in [0.29, 0.717) is 25.2 Å². The SMILES string of the molecule is COc1cc(C(=O)N2C[C@@H]3CN(C(C)=O)[C@@H](c4cccc(F)c4)[C@@H]3C2)ccc1F. The van der Waals surface area contributed by atoms with E-state index in [1.807, 2.05) is 6.07 Å². The van der Waals surface area contributed by atoms with Gasteiger partial charge in [-0.1, -0.05) is 12.1 Å². The number of halogens is 2. The van der Waals surface area contributed by atoms with E-state index >= 15 is 0 Å². The van der Waals surface area contributed by atoms with Crippen molar-refractivity contribution in [3.05, 3.63) is 65.2 Å². The fourth-order valence-corrected chi connectivity index (χ4v) is 4.63. The molecule has 2 fully saturated rings. The van der Waals surface area contributed by atoms with Gasteiger partial charge in [0.25, 0.3) is 5.91 Å². The minimum absolute atomic E-state index is 0.0204. The highest BCUT2D eigenvalue weighted by Crippen LogP contribution is 2.45. The van der Waals surface area contributed by atoms with Gasteiger partial charge in [-0.2, -0.15) is 0 Å². The van der Waals surface area contributed by atoms with Crippen molar-refractivity contribution in [1.82, 2.24) is 9.80 Å². The topological polar surface area (TPSA) is 49.9 Å². The van der Waals surface area contributed by atoms with Crippen molar-refractivity contribution in [2.24, 2.45) is 11.8 Å². The molecular formula is C22H22F2N2O3. The number of hydrogen-bond acceptors (Lipinski definition) is 3. The van der Waals surface area contributed by atoms with Crippen LogP contribution >= 0.6 is 0 Å². The molecule has 152 valence electrons. The molecule has 0 unspecified atom stereocenters. The Balaban J connectivity index is 1.59. The highest BCUT2D eigenvalue weighted by atomic mass is 19.1. The van der Waals surface area contributed by atoms with Crippen molar-refractivity contribution in [2.75, 3.05) is 26.7 Å². The molecule has 4 rings (SSSR count). The molecule has 0 spiro atoms. The quantitative estimate of drug-likeness (QED) is 0.795. The summed E-state index contributed by atoms with van der Waals surface area (Å²) in [6.07, 6.45) is 0. The summed E-state index contributed by atoms with van der Waals surface area (Å²) in [4.78, 5) is 28.7. The van der Waals surface area contributed by atoms with Gasteiger partial charge in [0.15, 0.2) is 11.6 Å². The Labute approximate surface area is 167 Å². The summed E-state index contributed by atoms with van der Waals surface area (Å²) in [5.74, 6) is -0.981. The van der Waals surface area contributed by atoms with Gasteiger partial charge in [0.1, 0.15) is 5.82 Å². The molecule has 2 aliphatic rings. The van der Waals surface area contributed by atoms with Crippen molar-refractivity contribution in [3.63, 3.8) is 0 Å². The Bertz CT molecular complexity index is 965. The molecule has 29 heavy (non-hydrogen) atoms. The number of carbonyl (C=O) groups is 2. The third-order valence-corrected chi connectivity index (χ3v) is 5.94. The Morgan fingerprint density at radius 1 is 1.07 bits per heavy atom. The molecule has 0 bridgehead atoms. The first-order chi connectivity index (χ1) is 13.9. The van der Waals surface area contributed by atoms with E-state index in [1.165, 1.54) is 44.4 Å². The summed E-state index contributed by atoms with van der Waals surface area (Å²) in [6.45, 7) is 2.99. The summed E-state index contributed by atoms with van der Waals surface area (Å²) in [6, 6.07) is 10.1. The molecule has 0 aromatic heterocycles. The molecular weight excluding hydrogens is 378 g/mol. The normalized spacial score (nSPS) is 23.2. The van der Waals surface area contributed by atoms with Gasteiger partial charge in [0.05, 0.1) is 13.2 Å². The number of hydrogen-bond donors (Lipinski definition) is 0. The lowest BCUT2D eigenvalue weighted by Gasteiger charge is -2.29. The second kappa shape index (κ2) is 7.46. The Morgan fingerprint density at radius 2 is 1.86 bits per heavy atom. The van der Waals surface area contributed by atoms with E-state index in [0.717, 1.165) is 5.56 Å². The Hall–Kier alpha value is -2.96. The van der Waals surface area contributed by atoms with Crippen LogP contribution in [-0.2, 0) is 4.79 Å². The van der Waals surface area contributed by atoms with Gasteiger partial charge < -0.3 is 14.5 Å².